The van der Waals surface area contributed by atoms with E-state index < -0.39 is 0 Å². The zero-order valence-corrected chi connectivity index (χ0v) is 11.8. The van der Waals surface area contributed by atoms with Crippen LogP contribution in [-0.2, 0) is 6.54 Å². The lowest BCUT2D eigenvalue weighted by atomic mass is 10.1. The number of aromatic amines is 1. The summed E-state index contributed by atoms with van der Waals surface area (Å²) in [5, 5.41) is 4.27. The summed E-state index contributed by atoms with van der Waals surface area (Å²) < 4.78 is 1.85. The number of nitrogens with zero attached hydrogens (tertiary/aromatic N) is 3. The molecule has 0 radical (unpaired) electrons. The number of aryl methyl sites for hydroxylation is 1. The minimum absolute atomic E-state index is 0.165. The molecule has 3 aromatic rings. The molecule has 3 rings (SSSR count). The van der Waals surface area contributed by atoms with Gasteiger partial charge in [0.15, 0.2) is 0 Å². The molecule has 0 aliphatic heterocycles. The minimum atomic E-state index is -0.165. The van der Waals surface area contributed by atoms with Gasteiger partial charge in [0.25, 0.3) is 5.56 Å². The van der Waals surface area contributed by atoms with Gasteiger partial charge in [-0.1, -0.05) is 37.3 Å². The number of rotatable bonds is 4. The monoisotopic (exact) mass is 280 g/mol. The number of hydrogen-bond donors (Lipinski definition) is 1. The van der Waals surface area contributed by atoms with Gasteiger partial charge < -0.3 is 4.98 Å². The number of aromatic nitrogens is 4. The summed E-state index contributed by atoms with van der Waals surface area (Å²) in [4.78, 5) is 19.2. The molecule has 0 saturated heterocycles. The molecule has 1 N–H and O–H groups in total. The molecule has 1 aromatic carbocycles. The molecule has 0 saturated carbocycles. The topological polar surface area (TPSA) is 63.6 Å². The van der Waals surface area contributed by atoms with Gasteiger partial charge in [-0.25, -0.2) is 4.98 Å². The molecule has 0 aliphatic rings. The third kappa shape index (κ3) is 2.91. The van der Waals surface area contributed by atoms with Gasteiger partial charge in [0.1, 0.15) is 5.82 Å². The number of H-pyrrole nitrogens is 1. The summed E-state index contributed by atoms with van der Waals surface area (Å²) in [5.41, 5.74) is 2.24. The third-order valence-electron chi connectivity index (χ3n) is 3.17. The van der Waals surface area contributed by atoms with Gasteiger partial charge in [-0.3, -0.25) is 9.48 Å². The first-order valence-corrected chi connectivity index (χ1v) is 6.96. The molecule has 0 aliphatic carbocycles. The molecule has 0 atom stereocenters. The summed E-state index contributed by atoms with van der Waals surface area (Å²) in [6.07, 6.45) is 4.63. The predicted octanol–water partition coefficient (Wildman–Crippen LogP) is 2.71. The van der Waals surface area contributed by atoms with Crippen molar-refractivity contribution in [1.29, 1.82) is 0 Å². The molecular formula is C16H16N4O. The van der Waals surface area contributed by atoms with Gasteiger partial charge in [-0.05, 0) is 6.42 Å². The number of benzene rings is 1. The highest BCUT2D eigenvalue weighted by atomic mass is 16.1. The van der Waals surface area contributed by atoms with Crippen LogP contribution in [0.4, 0.5) is 0 Å². The first kappa shape index (κ1) is 13.3. The predicted molar refractivity (Wildman–Crippen MR) is 81.8 cm³/mol. The van der Waals surface area contributed by atoms with E-state index in [-0.39, 0.29) is 5.56 Å². The van der Waals surface area contributed by atoms with E-state index >= 15 is 0 Å². The SMILES string of the molecule is CCCn1cc(-c2nc(-c3ccccc3)cc(=O)[nH]2)cn1. The minimum Gasteiger partial charge on any atom is -0.306 e. The van der Waals surface area contributed by atoms with Crippen molar-refractivity contribution in [2.24, 2.45) is 0 Å². The Morgan fingerprint density at radius 1 is 1.19 bits per heavy atom. The molecule has 0 unspecified atom stereocenters. The Labute approximate surface area is 122 Å². The van der Waals surface area contributed by atoms with E-state index in [4.69, 9.17) is 0 Å². The van der Waals surface area contributed by atoms with Crippen LogP contribution < -0.4 is 5.56 Å². The molecule has 2 heterocycles. The Morgan fingerprint density at radius 2 is 2.00 bits per heavy atom. The van der Waals surface area contributed by atoms with Crippen LogP contribution >= 0.6 is 0 Å². The zero-order valence-electron chi connectivity index (χ0n) is 11.8. The highest BCUT2D eigenvalue weighted by molar-refractivity contribution is 5.62. The molecular weight excluding hydrogens is 264 g/mol. The standard InChI is InChI=1S/C16H16N4O/c1-2-8-20-11-13(10-17-20)16-18-14(9-15(21)19-16)12-6-4-3-5-7-12/h3-7,9-11H,2,8H2,1H3,(H,18,19,21). The van der Waals surface area contributed by atoms with Gasteiger partial charge in [-0.2, -0.15) is 5.10 Å². The summed E-state index contributed by atoms with van der Waals surface area (Å²) in [5.74, 6) is 0.545. The molecule has 0 amide bonds. The maximum atomic E-state index is 11.9. The molecule has 0 fully saturated rings. The first-order valence-electron chi connectivity index (χ1n) is 6.96. The van der Waals surface area contributed by atoms with Crippen molar-refractivity contribution in [3.05, 3.63) is 59.1 Å². The van der Waals surface area contributed by atoms with Crippen LogP contribution in [0.25, 0.3) is 22.6 Å². The van der Waals surface area contributed by atoms with Crippen LogP contribution in [0.15, 0.2) is 53.6 Å². The van der Waals surface area contributed by atoms with E-state index in [9.17, 15) is 4.79 Å². The second-order valence-electron chi connectivity index (χ2n) is 4.84. The Kier molecular flexibility index (Phi) is 3.64. The average Bonchev–Trinajstić information content (AvgIpc) is 2.97. The molecule has 106 valence electrons. The maximum absolute atomic E-state index is 11.9. The second-order valence-corrected chi connectivity index (χ2v) is 4.84. The van der Waals surface area contributed by atoms with Crippen molar-refractivity contribution < 1.29 is 0 Å². The van der Waals surface area contributed by atoms with Crippen LogP contribution in [0.3, 0.4) is 0 Å². The normalized spacial score (nSPS) is 10.7. The highest BCUT2D eigenvalue weighted by Gasteiger charge is 2.08. The molecule has 21 heavy (non-hydrogen) atoms. The Balaban J connectivity index is 2.03. The smallest absolute Gasteiger partial charge is 0.251 e. The quantitative estimate of drug-likeness (QED) is 0.799. The van der Waals surface area contributed by atoms with Crippen molar-refractivity contribution in [2.75, 3.05) is 0 Å². The highest BCUT2D eigenvalue weighted by Crippen LogP contribution is 2.18. The largest absolute Gasteiger partial charge is 0.306 e. The Bertz CT molecular complexity index is 789. The molecule has 2 aromatic heterocycles. The van der Waals surface area contributed by atoms with Gasteiger partial charge in [0.2, 0.25) is 0 Å². The fourth-order valence-corrected chi connectivity index (χ4v) is 2.19. The van der Waals surface area contributed by atoms with Crippen molar-refractivity contribution in [1.82, 2.24) is 19.7 Å². The van der Waals surface area contributed by atoms with Gasteiger partial charge in [-0.15, -0.1) is 0 Å². The van der Waals surface area contributed by atoms with Crippen LogP contribution in [0.5, 0.6) is 0 Å². The maximum Gasteiger partial charge on any atom is 0.251 e. The van der Waals surface area contributed by atoms with Gasteiger partial charge >= 0.3 is 0 Å². The van der Waals surface area contributed by atoms with Crippen LogP contribution in [-0.4, -0.2) is 19.7 Å². The average molecular weight is 280 g/mol. The number of nitrogens with one attached hydrogen (secondary N) is 1. The first-order chi connectivity index (χ1) is 10.3. The molecule has 5 nitrogen and oxygen atoms in total. The van der Waals surface area contributed by atoms with Gasteiger partial charge in [0, 0.05) is 24.4 Å². The van der Waals surface area contributed by atoms with E-state index in [1.807, 2.05) is 41.2 Å². The fraction of sp³-hybridized carbons (Fsp3) is 0.188. The van der Waals surface area contributed by atoms with Crippen molar-refractivity contribution >= 4 is 0 Å². The lowest BCUT2D eigenvalue weighted by Crippen LogP contribution is -2.08. The summed E-state index contributed by atoms with van der Waals surface area (Å²) in [6.45, 7) is 2.94. The van der Waals surface area contributed by atoms with E-state index in [1.165, 1.54) is 6.07 Å². The van der Waals surface area contributed by atoms with Crippen LogP contribution in [0.2, 0.25) is 0 Å². The molecule has 0 bridgehead atoms. The lowest BCUT2D eigenvalue weighted by molar-refractivity contribution is 0.603. The van der Waals surface area contributed by atoms with Gasteiger partial charge in [0.05, 0.1) is 17.5 Å². The third-order valence-corrected chi connectivity index (χ3v) is 3.17. The van der Waals surface area contributed by atoms with E-state index in [0.29, 0.717) is 11.5 Å². The van der Waals surface area contributed by atoms with Crippen molar-refractivity contribution in [3.8, 4) is 22.6 Å². The van der Waals surface area contributed by atoms with Crippen LogP contribution in [0, 0.1) is 0 Å². The Morgan fingerprint density at radius 3 is 2.76 bits per heavy atom. The summed E-state index contributed by atoms with van der Waals surface area (Å²) in [7, 11) is 0. The molecule has 5 heteroatoms. The number of hydrogen-bond acceptors (Lipinski definition) is 3. The van der Waals surface area contributed by atoms with E-state index in [2.05, 4.69) is 22.0 Å². The Hall–Kier alpha value is -2.69. The van der Waals surface area contributed by atoms with Crippen LogP contribution in [0.1, 0.15) is 13.3 Å². The van der Waals surface area contributed by atoms with Crippen molar-refractivity contribution in [3.63, 3.8) is 0 Å². The fourth-order valence-electron chi connectivity index (χ4n) is 2.19. The molecule has 0 spiro atoms. The lowest BCUT2D eigenvalue weighted by Gasteiger charge is -2.02. The summed E-state index contributed by atoms with van der Waals surface area (Å²) >= 11 is 0. The van der Waals surface area contributed by atoms with E-state index in [0.717, 1.165) is 24.1 Å². The zero-order chi connectivity index (χ0) is 14.7. The summed E-state index contributed by atoms with van der Waals surface area (Å²) in [6, 6.07) is 11.2. The van der Waals surface area contributed by atoms with Crippen molar-refractivity contribution in [2.45, 2.75) is 19.9 Å². The second kappa shape index (κ2) is 5.75. The van der Waals surface area contributed by atoms with E-state index in [1.54, 1.807) is 6.20 Å².